The lowest BCUT2D eigenvalue weighted by Crippen LogP contribution is -2.38. The second-order valence-electron chi connectivity index (χ2n) is 4.54. The lowest BCUT2D eigenvalue weighted by Gasteiger charge is -2.27. The highest BCUT2D eigenvalue weighted by molar-refractivity contribution is 5.07. The first-order chi connectivity index (χ1) is 7.79. The first-order valence-corrected chi connectivity index (χ1v) is 6.30. The molecule has 0 amide bonds. The zero-order valence-electron chi connectivity index (χ0n) is 10.8. The van der Waals surface area contributed by atoms with Crippen molar-refractivity contribution in [3.05, 3.63) is 12.2 Å². The van der Waals surface area contributed by atoms with Crippen molar-refractivity contribution in [3.8, 4) is 0 Å². The summed E-state index contributed by atoms with van der Waals surface area (Å²) in [5.74, 6) is 0. The molecule has 0 radical (unpaired) electrons. The van der Waals surface area contributed by atoms with Gasteiger partial charge in [0.05, 0.1) is 19.3 Å². The summed E-state index contributed by atoms with van der Waals surface area (Å²) in [7, 11) is 1.77. The molecule has 3 nitrogen and oxygen atoms in total. The summed E-state index contributed by atoms with van der Waals surface area (Å²) < 4.78 is 5.24. The molecule has 1 fully saturated rings. The van der Waals surface area contributed by atoms with Crippen LogP contribution in [-0.4, -0.2) is 49.5 Å². The Hall–Kier alpha value is -0.380. The molecule has 16 heavy (non-hydrogen) atoms. The van der Waals surface area contributed by atoms with Crippen molar-refractivity contribution in [2.75, 3.05) is 33.4 Å². The number of aliphatic hydroxyl groups excluding tert-OH is 1. The van der Waals surface area contributed by atoms with E-state index in [9.17, 15) is 0 Å². The van der Waals surface area contributed by atoms with Gasteiger partial charge in [-0.05, 0) is 12.8 Å². The number of nitrogens with zero attached hydrogens (tertiary/aromatic N) is 1. The van der Waals surface area contributed by atoms with Crippen LogP contribution in [-0.2, 0) is 4.74 Å². The third-order valence-electron chi connectivity index (χ3n) is 3.30. The fraction of sp³-hybridized carbons (Fsp3) is 0.846. The minimum absolute atomic E-state index is 0.236. The normalized spacial score (nSPS) is 26.4. The Kier molecular flexibility index (Phi) is 5.46. The van der Waals surface area contributed by atoms with Gasteiger partial charge in [0.15, 0.2) is 0 Å². The minimum atomic E-state index is 0.236. The Morgan fingerprint density at radius 3 is 2.62 bits per heavy atom. The number of hydrogen-bond donors (Lipinski definition) is 1. The minimum Gasteiger partial charge on any atom is -0.394 e. The third kappa shape index (κ3) is 3.30. The molecule has 0 aromatic heterocycles. The zero-order chi connectivity index (χ0) is 12.0. The summed E-state index contributed by atoms with van der Waals surface area (Å²) in [6.45, 7) is 7.15. The van der Waals surface area contributed by atoms with Crippen molar-refractivity contribution in [2.45, 2.75) is 32.7 Å². The van der Waals surface area contributed by atoms with Crippen molar-refractivity contribution < 1.29 is 9.84 Å². The molecule has 1 unspecified atom stereocenters. The lowest BCUT2D eigenvalue weighted by molar-refractivity contribution is 0.0931. The molecule has 0 spiro atoms. The van der Waals surface area contributed by atoms with E-state index < -0.39 is 0 Å². The van der Waals surface area contributed by atoms with E-state index in [0.29, 0.717) is 5.41 Å². The fourth-order valence-electron chi connectivity index (χ4n) is 2.23. The van der Waals surface area contributed by atoms with E-state index in [-0.39, 0.29) is 12.6 Å². The summed E-state index contributed by atoms with van der Waals surface area (Å²) >= 11 is 0. The molecule has 94 valence electrons. The highest BCUT2D eigenvalue weighted by Crippen LogP contribution is 2.46. The summed E-state index contributed by atoms with van der Waals surface area (Å²) in [5.41, 5.74) is 0.397. The number of rotatable bonds is 5. The molecule has 2 aliphatic rings. The van der Waals surface area contributed by atoms with Crippen LogP contribution in [0, 0.1) is 5.41 Å². The Balaban J connectivity index is 0.000000606. The van der Waals surface area contributed by atoms with Gasteiger partial charge < -0.3 is 9.84 Å². The Bertz CT molecular complexity index is 224. The second-order valence-corrected chi connectivity index (χ2v) is 4.54. The molecule has 0 bridgehead atoms. The standard InChI is InChI=1S/C11H19NO2.C2H6/c1-14-9-11(4-5-11)8-12-6-2-3-10(12)7-13;1-2/h2-3,10,13H,4-9H2,1H3;1-2H3. The van der Waals surface area contributed by atoms with Gasteiger partial charge in [0.2, 0.25) is 0 Å². The Labute approximate surface area is 99.1 Å². The van der Waals surface area contributed by atoms with E-state index >= 15 is 0 Å². The Morgan fingerprint density at radius 1 is 1.44 bits per heavy atom. The van der Waals surface area contributed by atoms with Crippen LogP contribution in [0.25, 0.3) is 0 Å². The number of ether oxygens (including phenoxy) is 1. The van der Waals surface area contributed by atoms with Crippen LogP contribution in [0.2, 0.25) is 0 Å². The van der Waals surface area contributed by atoms with Gasteiger partial charge in [-0.2, -0.15) is 0 Å². The first kappa shape index (κ1) is 13.7. The second kappa shape index (κ2) is 6.38. The van der Waals surface area contributed by atoms with Crippen molar-refractivity contribution in [1.82, 2.24) is 4.90 Å². The maximum absolute atomic E-state index is 9.16. The van der Waals surface area contributed by atoms with E-state index in [0.717, 1.165) is 19.7 Å². The first-order valence-electron chi connectivity index (χ1n) is 6.30. The topological polar surface area (TPSA) is 32.7 Å². The smallest absolute Gasteiger partial charge is 0.0622 e. The fourth-order valence-corrected chi connectivity index (χ4v) is 2.23. The summed E-state index contributed by atoms with van der Waals surface area (Å²) in [4.78, 5) is 2.34. The molecular weight excluding hydrogens is 202 g/mol. The van der Waals surface area contributed by atoms with Crippen LogP contribution in [0.15, 0.2) is 12.2 Å². The molecule has 1 aliphatic heterocycles. The number of aliphatic hydroxyl groups is 1. The maximum Gasteiger partial charge on any atom is 0.0622 e. The quantitative estimate of drug-likeness (QED) is 0.725. The molecule has 1 N–H and O–H groups in total. The molecule has 1 heterocycles. The summed E-state index contributed by atoms with van der Waals surface area (Å²) in [6.07, 6.45) is 6.79. The van der Waals surface area contributed by atoms with E-state index in [2.05, 4.69) is 17.1 Å². The van der Waals surface area contributed by atoms with Gasteiger partial charge in [-0.25, -0.2) is 0 Å². The van der Waals surface area contributed by atoms with E-state index in [1.54, 1.807) is 7.11 Å². The van der Waals surface area contributed by atoms with Gasteiger partial charge in [-0.1, -0.05) is 26.0 Å². The molecule has 1 aliphatic carbocycles. The van der Waals surface area contributed by atoms with Gasteiger partial charge in [0.25, 0.3) is 0 Å². The highest BCUT2D eigenvalue weighted by Gasteiger charge is 2.44. The molecule has 0 aromatic carbocycles. The highest BCUT2D eigenvalue weighted by atomic mass is 16.5. The molecule has 2 rings (SSSR count). The third-order valence-corrected chi connectivity index (χ3v) is 3.30. The van der Waals surface area contributed by atoms with Gasteiger partial charge in [-0.15, -0.1) is 0 Å². The van der Waals surface area contributed by atoms with Gasteiger partial charge in [-0.3, -0.25) is 4.90 Å². The zero-order valence-corrected chi connectivity index (χ0v) is 10.8. The molecule has 0 aromatic rings. The average Bonchev–Trinajstić information content (AvgIpc) is 2.92. The van der Waals surface area contributed by atoms with Crippen LogP contribution < -0.4 is 0 Å². The van der Waals surface area contributed by atoms with Crippen molar-refractivity contribution in [1.29, 1.82) is 0 Å². The number of methoxy groups -OCH3 is 1. The van der Waals surface area contributed by atoms with Crippen molar-refractivity contribution >= 4 is 0 Å². The monoisotopic (exact) mass is 227 g/mol. The van der Waals surface area contributed by atoms with Crippen LogP contribution in [0.5, 0.6) is 0 Å². The van der Waals surface area contributed by atoms with E-state index in [1.165, 1.54) is 12.8 Å². The van der Waals surface area contributed by atoms with Crippen LogP contribution >= 0.6 is 0 Å². The van der Waals surface area contributed by atoms with Crippen LogP contribution in [0.1, 0.15) is 26.7 Å². The molecule has 1 saturated carbocycles. The maximum atomic E-state index is 9.16. The number of hydrogen-bond acceptors (Lipinski definition) is 3. The average molecular weight is 227 g/mol. The SMILES string of the molecule is CC.COCC1(CN2CC=CC2CO)CC1. The predicted octanol–water partition coefficient (Wildman–Crippen LogP) is 1.67. The Morgan fingerprint density at radius 2 is 2.12 bits per heavy atom. The van der Waals surface area contributed by atoms with Gasteiger partial charge >= 0.3 is 0 Å². The lowest BCUT2D eigenvalue weighted by atomic mass is 10.1. The van der Waals surface area contributed by atoms with E-state index in [4.69, 9.17) is 9.84 Å². The predicted molar refractivity (Wildman–Crippen MR) is 66.5 cm³/mol. The van der Waals surface area contributed by atoms with E-state index in [1.807, 2.05) is 13.8 Å². The molecule has 0 saturated heterocycles. The van der Waals surface area contributed by atoms with Gasteiger partial charge in [0, 0.05) is 25.6 Å². The van der Waals surface area contributed by atoms with Gasteiger partial charge in [0.1, 0.15) is 0 Å². The van der Waals surface area contributed by atoms with Crippen LogP contribution in [0.4, 0.5) is 0 Å². The van der Waals surface area contributed by atoms with Crippen LogP contribution in [0.3, 0.4) is 0 Å². The van der Waals surface area contributed by atoms with Crippen molar-refractivity contribution in [3.63, 3.8) is 0 Å². The summed E-state index contributed by atoms with van der Waals surface area (Å²) in [5, 5.41) is 9.16. The molecule has 3 heteroatoms. The summed E-state index contributed by atoms with van der Waals surface area (Å²) in [6, 6.07) is 0.240. The van der Waals surface area contributed by atoms with Crippen molar-refractivity contribution in [2.24, 2.45) is 5.41 Å². The molecule has 1 atom stereocenters. The molecular formula is C13H25NO2. The largest absolute Gasteiger partial charge is 0.394 e.